The van der Waals surface area contributed by atoms with Crippen LogP contribution >= 0.6 is 27.5 Å². The molecule has 0 heterocycles. The van der Waals surface area contributed by atoms with E-state index < -0.39 is 6.10 Å². The summed E-state index contributed by atoms with van der Waals surface area (Å²) < 4.78 is 0.899. The molecule has 0 saturated carbocycles. The van der Waals surface area contributed by atoms with Gasteiger partial charge in [-0.25, -0.2) is 0 Å². The Balaban J connectivity index is 1.91. The van der Waals surface area contributed by atoms with Crippen LogP contribution in [0.3, 0.4) is 0 Å². The van der Waals surface area contributed by atoms with E-state index in [4.69, 9.17) is 11.6 Å². The van der Waals surface area contributed by atoms with Gasteiger partial charge < -0.3 is 10.4 Å². The first-order valence-electron chi connectivity index (χ1n) is 7.64. The smallest absolute Gasteiger partial charge is 0.255 e. The zero-order chi connectivity index (χ0) is 17.8. The first kappa shape index (κ1) is 17.7. The van der Waals surface area contributed by atoms with E-state index in [1.165, 1.54) is 0 Å². The quantitative estimate of drug-likeness (QED) is 0.595. The summed E-state index contributed by atoms with van der Waals surface area (Å²) in [6, 6.07) is 21.3. The molecule has 25 heavy (non-hydrogen) atoms. The summed E-state index contributed by atoms with van der Waals surface area (Å²) in [5.41, 5.74) is 2.32. The van der Waals surface area contributed by atoms with Gasteiger partial charge in [0.05, 0.1) is 0 Å². The predicted octanol–water partition coefficient (Wildman–Crippen LogP) is 5.44. The number of carbonyl (C=O) groups excluding carboxylic acids is 1. The summed E-state index contributed by atoms with van der Waals surface area (Å²) in [5, 5.41) is 14.0. The van der Waals surface area contributed by atoms with Crippen LogP contribution in [0.2, 0.25) is 5.02 Å². The van der Waals surface area contributed by atoms with Crippen molar-refractivity contribution in [1.29, 1.82) is 0 Å². The number of amides is 1. The highest BCUT2D eigenvalue weighted by Crippen LogP contribution is 2.31. The SMILES string of the molecule is O=C(Nc1ccc(Cl)cc1C(O)c1ccccc1)c1ccc(Br)cc1. The van der Waals surface area contributed by atoms with Gasteiger partial charge in [-0.3, -0.25) is 4.79 Å². The lowest BCUT2D eigenvalue weighted by Gasteiger charge is -2.17. The summed E-state index contributed by atoms with van der Waals surface area (Å²) in [6.45, 7) is 0. The number of rotatable bonds is 4. The number of hydrogen-bond acceptors (Lipinski definition) is 2. The molecule has 0 bridgehead atoms. The fraction of sp³-hybridized carbons (Fsp3) is 0.0500. The lowest BCUT2D eigenvalue weighted by Crippen LogP contribution is -2.14. The van der Waals surface area contributed by atoms with Gasteiger partial charge in [0.1, 0.15) is 6.10 Å². The van der Waals surface area contributed by atoms with Gasteiger partial charge in [0.15, 0.2) is 0 Å². The molecule has 0 aromatic heterocycles. The third-order valence-corrected chi connectivity index (χ3v) is 4.54. The molecule has 1 amide bonds. The lowest BCUT2D eigenvalue weighted by molar-refractivity contribution is 0.102. The van der Waals surface area contributed by atoms with Gasteiger partial charge in [0, 0.05) is 26.3 Å². The van der Waals surface area contributed by atoms with Crippen LogP contribution < -0.4 is 5.32 Å². The van der Waals surface area contributed by atoms with Gasteiger partial charge >= 0.3 is 0 Å². The van der Waals surface area contributed by atoms with E-state index in [0.29, 0.717) is 21.8 Å². The number of anilines is 1. The van der Waals surface area contributed by atoms with Crippen LogP contribution in [0, 0.1) is 0 Å². The minimum atomic E-state index is -0.889. The third kappa shape index (κ3) is 4.28. The van der Waals surface area contributed by atoms with Gasteiger partial charge in [0.25, 0.3) is 5.91 Å². The first-order valence-corrected chi connectivity index (χ1v) is 8.81. The Morgan fingerprint density at radius 1 is 1.00 bits per heavy atom. The molecular formula is C20H15BrClNO2. The monoisotopic (exact) mass is 415 g/mol. The summed E-state index contributed by atoms with van der Waals surface area (Å²) in [4.78, 5) is 12.5. The molecule has 0 spiro atoms. The summed E-state index contributed by atoms with van der Waals surface area (Å²) in [5.74, 6) is -0.253. The Morgan fingerprint density at radius 3 is 2.36 bits per heavy atom. The van der Waals surface area contributed by atoms with Crippen LogP contribution in [0.4, 0.5) is 5.69 Å². The predicted molar refractivity (Wildman–Crippen MR) is 104 cm³/mol. The Labute approximate surface area is 159 Å². The maximum absolute atomic E-state index is 12.5. The number of carbonyl (C=O) groups is 1. The Morgan fingerprint density at radius 2 is 1.68 bits per heavy atom. The second kappa shape index (κ2) is 7.83. The van der Waals surface area contributed by atoms with Crippen LogP contribution in [0.5, 0.6) is 0 Å². The van der Waals surface area contributed by atoms with Crippen LogP contribution in [0.25, 0.3) is 0 Å². The molecule has 3 nitrogen and oxygen atoms in total. The highest BCUT2D eigenvalue weighted by Gasteiger charge is 2.17. The molecule has 3 rings (SSSR count). The molecule has 0 saturated heterocycles. The Kier molecular flexibility index (Phi) is 5.53. The van der Waals surface area contributed by atoms with Gasteiger partial charge in [-0.05, 0) is 48.0 Å². The van der Waals surface area contributed by atoms with Crippen molar-refractivity contribution in [2.75, 3.05) is 5.32 Å². The minimum absolute atomic E-state index is 0.253. The average Bonchev–Trinajstić information content (AvgIpc) is 2.64. The van der Waals surface area contributed by atoms with Crippen molar-refractivity contribution in [3.05, 3.63) is 99.0 Å². The van der Waals surface area contributed by atoms with E-state index in [0.717, 1.165) is 10.0 Å². The zero-order valence-electron chi connectivity index (χ0n) is 13.1. The Bertz CT molecular complexity index is 882. The highest BCUT2D eigenvalue weighted by molar-refractivity contribution is 9.10. The number of halogens is 2. The molecule has 126 valence electrons. The van der Waals surface area contributed by atoms with E-state index in [1.54, 1.807) is 42.5 Å². The van der Waals surface area contributed by atoms with Crippen molar-refractivity contribution < 1.29 is 9.90 Å². The van der Waals surface area contributed by atoms with E-state index >= 15 is 0 Å². The normalized spacial score (nSPS) is 11.8. The van der Waals surface area contributed by atoms with Gasteiger partial charge in [-0.15, -0.1) is 0 Å². The molecule has 1 unspecified atom stereocenters. The molecule has 0 aliphatic rings. The standard InChI is InChI=1S/C20H15BrClNO2/c21-15-8-6-14(7-9-15)20(25)23-18-11-10-16(22)12-17(18)19(24)13-4-2-1-3-5-13/h1-12,19,24H,(H,23,25). The van der Waals surface area contributed by atoms with Crippen LogP contribution in [0.15, 0.2) is 77.3 Å². The molecular weight excluding hydrogens is 402 g/mol. The molecule has 2 N–H and O–H groups in total. The number of benzene rings is 3. The maximum Gasteiger partial charge on any atom is 0.255 e. The topological polar surface area (TPSA) is 49.3 Å². The molecule has 0 fully saturated rings. The largest absolute Gasteiger partial charge is 0.384 e. The second-order valence-electron chi connectivity index (χ2n) is 5.51. The van der Waals surface area contributed by atoms with Crippen molar-refractivity contribution >= 4 is 39.1 Å². The van der Waals surface area contributed by atoms with Gasteiger partial charge in [-0.2, -0.15) is 0 Å². The van der Waals surface area contributed by atoms with E-state index in [-0.39, 0.29) is 5.91 Å². The van der Waals surface area contributed by atoms with Crippen LogP contribution in [-0.2, 0) is 0 Å². The Hall–Kier alpha value is -2.14. The number of hydrogen-bond donors (Lipinski definition) is 2. The fourth-order valence-corrected chi connectivity index (χ4v) is 2.93. The van der Waals surface area contributed by atoms with E-state index in [1.807, 2.05) is 30.3 Å². The summed E-state index contributed by atoms with van der Waals surface area (Å²) >= 11 is 9.44. The van der Waals surface area contributed by atoms with E-state index in [9.17, 15) is 9.90 Å². The lowest BCUT2D eigenvalue weighted by atomic mass is 9.99. The molecule has 0 radical (unpaired) electrons. The van der Waals surface area contributed by atoms with Crippen molar-refractivity contribution in [1.82, 2.24) is 0 Å². The molecule has 5 heteroatoms. The third-order valence-electron chi connectivity index (χ3n) is 3.78. The average molecular weight is 417 g/mol. The molecule has 3 aromatic carbocycles. The van der Waals surface area contributed by atoms with Crippen LogP contribution in [-0.4, -0.2) is 11.0 Å². The van der Waals surface area contributed by atoms with Crippen molar-refractivity contribution in [2.45, 2.75) is 6.10 Å². The second-order valence-corrected chi connectivity index (χ2v) is 6.86. The van der Waals surface area contributed by atoms with Crippen LogP contribution in [0.1, 0.15) is 27.6 Å². The summed E-state index contributed by atoms with van der Waals surface area (Å²) in [7, 11) is 0. The number of aliphatic hydroxyl groups excluding tert-OH is 1. The first-order chi connectivity index (χ1) is 12.0. The highest BCUT2D eigenvalue weighted by atomic mass is 79.9. The fourth-order valence-electron chi connectivity index (χ4n) is 2.48. The molecule has 0 aliphatic carbocycles. The van der Waals surface area contributed by atoms with Crippen molar-refractivity contribution in [3.63, 3.8) is 0 Å². The number of nitrogens with one attached hydrogen (secondary N) is 1. The minimum Gasteiger partial charge on any atom is -0.384 e. The molecule has 0 aliphatic heterocycles. The summed E-state index contributed by atoms with van der Waals surface area (Å²) in [6.07, 6.45) is -0.889. The number of aliphatic hydroxyl groups is 1. The van der Waals surface area contributed by atoms with Crippen molar-refractivity contribution in [2.24, 2.45) is 0 Å². The maximum atomic E-state index is 12.5. The van der Waals surface area contributed by atoms with Gasteiger partial charge in [-0.1, -0.05) is 57.9 Å². The van der Waals surface area contributed by atoms with Crippen molar-refractivity contribution in [3.8, 4) is 0 Å². The van der Waals surface area contributed by atoms with Gasteiger partial charge in [0.2, 0.25) is 0 Å². The molecule has 3 aromatic rings. The molecule has 1 atom stereocenters. The van der Waals surface area contributed by atoms with E-state index in [2.05, 4.69) is 21.2 Å². The zero-order valence-corrected chi connectivity index (χ0v) is 15.5.